The van der Waals surface area contributed by atoms with Crippen molar-refractivity contribution < 1.29 is 9.52 Å². The average molecular weight is 274 g/mol. The maximum Gasteiger partial charge on any atom is 0.134 e. The lowest BCUT2D eigenvalue weighted by molar-refractivity contribution is -0.0163. The van der Waals surface area contributed by atoms with E-state index in [4.69, 9.17) is 10.2 Å². The Morgan fingerprint density at radius 2 is 2.05 bits per heavy atom. The van der Waals surface area contributed by atoms with Gasteiger partial charge in [0.05, 0.1) is 0 Å². The standard InChI is InChI=1S/C16H22N2O2/c17-13-7-9-18(10-8-13)16(19)6-5-14-11-12-3-1-2-4-15(12)20-14/h1-4,11,13,16,19H,5-10,17H2. The number of nitrogens with two attached hydrogens (primary N) is 1. The Labute approximate surface area is 119 Å². The third-order valence-electron chi connectivity index (χ3n) is 4.12. The summed E-state index contributed by atoms with van der Waals surface area (Å²) in [7, 11) is 0. The van der Waals surface area contributed by atoms with Crippen molar-refractivity contribution in [3.8, 4) is 0 Å². The lowest BCUT2D eigenvalue weighted by Gasteiger charge is -2.33. The largest absolute Gasteiger partial charge is 0.461 e. The van der Waals surface area contributed by atoms with Gasteiger partial charge in [0.2, 0.25) is 0 Å². The number of aliphatic hydroxyl groups excluding tert-OH is 1. The second-order valence-corrected chi connectivity index (χ2v) is 5.64. The van der Waals surface area contributed by atoms with Crippen LogP contribution in [0.4, 0.5) is 0 Å². The van der Waals surface area contributed by atoms with Crippen molar-refractivity contribution in [3.63, 3.8) is 0 Å². The molecule has 1 fully saturated rings. The van der Waals surface area contributed by atoms with Crippen LogP contribution in [0.5, 0.6) is 0 Å². The number of furan rings is 1. The quantitative estimate of drug-likeness (QED) is 0.896. The molecule has 2 aromatic rings. The van der Waals surface area contributed by atoms with E-state index in [1.807, 2.05) is 24.3 Å². The van der Waals surface area contributed by atoms with Crippen molar-refractivity contribution in [2.24, 2.45) is 5.73 Å². The molecular weight excluding hydrogens is 252 g/mol. The Hall–Kier alpha value is -1.36. The highest BCUT2D eigenvalue weighted by atomic mass is 16.3. The highest BCUT2D eigenvalue weighted by molar-refractivity contribution is 5.77. The van der Waals surface area contributed by atoms with Gasteiger partial charge in [-0.1, -0.05) is 18.2 Å². The Morgan fingerprint density at radius 3 is 2.80 bits per heavy atom. The van der Waals surface area contributed by atoms with E-state index in [2.05, 4.69) is 11.0 Å². The second kappa shape index (κ2) is 5.95. The summed E-state index contributed by atoms with van der Waals surface area (Å²) in [4.78, 5) is 2.12. The van der Waals surface area contributed by atoms with Crippen LogP contribution in [-0.4, -0.2) is 35.4 Å². The molecule has 1 aromatic heterocycles. The topological polar surface area (TPSA) is 62.6 Å². The molecule has 1 aromatic carbocycles. The fraction of sp³-hybridized carbons (Fsp3) is 0.500. The fourth-order valence-corrected chi connectivity index (χ4v) is 2.83. The third-order valence-corrected chi connectivity index (χ3v) is 4.12. The number of benzene rings is 1. The molecule has 0 aliphatic carbocycles. The molecule has 2 heterocycles. The first-order valence-electron chi connectivity index (χ1n) is 7.37. The van der Waals surface area contributed by atoms with Gasteiger partial charge in [-0.2, -0.15) is 0 Å². The molecule has 1 atom stereocenters. The highest BCUT2D eigenvalue weighted by Gasteiger charge is 2.21. The number of fused-ring (bicyclic) bond motifs is 1. The van der Waals surface area contributed by atoms with Crippen LogP contribution >= 0.6 is 0 Å². The summed E-state index contributed by atoms with van der Waals surface area (Å²) in [5.41, 5.74) is 6.80. The molecule has 1 unspecified atom stereocenters. The predicted octanol–water partition coefficient (Wildman–Crippen LogP) is 2.11. The van der Waals surface area contributed by atoms with Gasteiger partial charge in [0.25, 0.3) is 0 Å². The van der Waals surface area contributed by atoms with Crippen molar-refractivity contribution in [1.29, 1.82) is 0 Å². The van der Waals surface area contributed by atoms with Gasteiger partial charge in [0.1, 0.15) is 17.6 Å². The predicted molar refractivity (Wildman–Crippen MR) is 79.3 cm³/mol. The zero-order valence-electron chi connectivity index (χ0n) is 11.7. The van der Waals surface area contributed by atoms with Crippen LogP contribution in [-0.2, 0) is 6.42 Å². The molecule has 4 nitrogen and oxygen atoms in total. The maximum absolute atomic E-state index is 10.2. The number of hydrogen-bond acceptors (Lipinski definition) is 4. The highest BCUT2D eigenvalue weighted by Crippen LogP contribution is 2.21. The van der Waals surface area contributed by atoms with Gasteiger partial charge in [-0.25, -0.2) is 0 Å². The average Bonchev–Trinajstić information content (AvgIpc) is 2.88. The van der Waals surface area contributed by atoms with Crippen molar-refractivity contribution in [2.45, 2.75) is 38.0 Å². The number of para-hydroxylation sites is 1. The van der Waals surface area contributed by atoms with E-state index in [0.29, 0.717) is 12.5 Å². The van der Waals surface area contributed by atoms with Crippen LogP contribution < -0.4 is 5.73 Å². The minimum absolute atomic E-state index is 0.300. The Morgan fingerprint density at radius 1 is 1.30 bits per heavy atom. The van der Waals surface area contributed by atoms with Crippen molar-refractivity contribution in [2.75, 3.05) is 13.1 Å². The van der Waals surface area contributed by atoms with Crippen molar-refractivity contribution >= 4 is 11.0 Å². The molecular formula is C16H22N2O2. The van der Waals surface area contributed by atoms with Gasteiger partial charge >= 0.3 is 0 Å². The molecule has 0 spiro atoms. The monoisotopic (exact) mass is 274 g/mol. The summed E-state index contributed by atoms with van der Waals surface area (Å²) in [6.45, 7) is 1.78. The minimum Gasteiger partial charge on any atom is -0.461 e. The number of hydrogen-bond donors (Lipinski definition) is 2. The molecule has 1 aliphatic heterocycles. The van der Waals surface area contributed by atoms with Crippen molar-refractivity contribution in [1.82, 2.24) is 4.90 Å². The molecule has 108 valence electrons. The van der Waals surface area contributed by atoms with Gasteiger partial charge in [-0.3, -0.25) is 4.90 Å². The first-order chi connectivity index (χ1) is 9.72. The molecule has 0 radical (unpaired) electrons. The first kappa shape index (κ1) is 13.6. The van der Waals surface area contributed by atoms with E-state index >= 15 is 0 Å². The number of nitrogens with zero attached hydrogens (tertiary/aromatic N) is 1. The van der Waals surface area contributed by atoms with Crippen molar-refractivity contribution in [3.05, 3.63) is 36.1 Å². The minimum atomic E-state index is -0.393. The van der Waals surface area contributed by atoms with Gasteiger partial charge in [-0.05, 0) is 31.4 Å². The molecule has 1 saturated heterocycles. The maximum atomic E-state index is 10.2. The zero-order valence-corrected chi connectivity index (χ0v) is 11.7. The van der Waals surface area contributed by atoms with Crippen LogP contribution in [0.2, 0.25) is 0 Å². The Balaban J connectivity index is 1.56. The van der Waals surface area contributed by atoms with E-state index in [0.717, 1.165) is 49.1 Å². The second-order valence-electron chi connectivity index (χ2n) is 5.64. The lowest BCUT2D eigenvalue weighted by Crippen LogP contribution is -2.45. The summed E-state index contributed by atoms with van der Waals surface area (Å²) >= 11 is 0. The summed E-state index contributed by atoms with van der Waals surface area (Å²) < 4.78 is 5.77. The SMILES string of the molecule is NC1CCN(C(O)CCc2cc3ccccc3o2)CC1. The number of aliphatic hydroxyl groups is 1. The van der Waals surface area contributed by atoms with E-state index in [1.165, 1.54) is 0 Å². The molecule has 0 saturated carbocycles. The number of aryl methyl sites for hydroxylation is 1. The normalized spacial score (nSPS) is 19.5. The van der Waals surface area contributed by atoms with E-state index in [-0.39, 0.29) is 0 Å². The molecule has 1 aliphatic rings. The van der Waals surface area contributed by atoms with Gasteiger partial charge in [0.15, 0.2) is 0 Å². The smallest absolute Gasteiger partial charge is 0.134 e. The number of piperidine rings is 1. The van der Waals surface area contributed by atoms with E-state index in [9.17, 15) is 5.11 Å². The first-order valence-corrected chi connectivity index (χ1v) is 7.37. The molecule has 3 rings (SSSR count). The fourth-order valence-electron chi connectivity index (χ4n) is 2.83. The number of likely N-dealkylation sites (tertiary alicyclic amines) is 1. The summed E-state index contributed by atoms with van der Waals surface area (Å²) in [6.07, 6.45) is 3.02. The van der Waals surface area contributed by atoms with Crippen LogP contribution in [0.3, 0.4) is 0 Å². The summed E-state index contributed by atoms with van der Waals surface area (Å²) in [5.74, 6) is 0.943. The Bertz CT molecular complexity index is 525. The molecule has 0 amide bonds. The molecule has 20 heavy (non-hydrogen) atoms. The molecule has 4 heteroatoms. The van der Waals surface area contributed by atoms with Gasteiger partial charge < -0.3 is 15.3 Å². The Kier molecular flexibility index (Phi) is 4.05. The van der Waals surface area contributed by atoms with Crippen LogP contribution in [0.15, 0.2) is 34.7 Å². The summed E-state index contributed by atoms with van der Waals surface area (Å²) in [6, 6.07) is 10.4. The van der Waals surface area contributed by atoms with Crippen LogP contribution in [0.1, 0.15) is 25.0 Å². The zero-order chi connectivity index (χ0) is 13.9. The van der Waals surface area contributed by atoms with Crippen LogP contribution in [0.25, 0.3) is 11.0 Å². The van der Waals surface area contributed by atoms with E-state index < -0.39 is 6.23 Å². The number of rotatable bonds is 4. The molecule has 0 bridgehead atoms. The third kappa shape index (κ3) is 3.03. The van der Waals surface area contributed by atoms with E-state index in [1.54, 1.807) is 0 Å². The molecule has 3 N–H and O–H groups in total. The van der Waals surface area contributed by atoms with Gasteiger partial charge in [0, 0.05) is 30.9 Å². The van der Waals surface area contributed by atoms with Crippen LogP contribution in [0, 0.1) is 0 Å². The summed E-state index contributed by atoms with van der Waals surface area (Å²) in [5, 5.41) is 11.4. The lowest BCUT2D eigenvalue weighted by atomic mass is 10.1. The van der Waals surface area contributed by atoms with Gasteiger partial charge in [-0.15, -0.1) is 0 Å².